The van der Waals surface area contributed by atoms with Crippen molar-refractivity contribution in [2.24, 2.45) is 0 Å². The van der Waals surface area contributed by atoms with Crippen molar-refractivity contribution in [2.75, 3.05) is 6.54 Å². The lowest BCUT2D eigenvalue weighted by atomic mass is 10.4. The number of likely N-dealkylation sites (tertiary alicyclic amines) is 1. The first kappa shape index (κ1) is 10.6. The molecule has 2 rings (SSSR count). The van der Waals surface area contributed by atoms with Crippen LogP contribution in [0.4, 0.5) is 0 Å². The van der Waals surface area contributed by atoms with Gasteiger partial charge in [0.05, 0.1) is 11.4 Å². The fraction of sp³-hybridized carbons (Fsp3) is 0.667. The summed E-state index contributed by atoms with van der Waals surface area (Å²) < 4.78 is 1.95. The first-order chi connectivity index (χ1) is 7.22. The van der Waals surface area contributed by atoms with Gasteiger partial charge in [-0.25, -0.2) is 0 Å². The molecule has 82 valence electrons. The normalized spacial score (nSPS) is 21.3. The second-order valence-electron chi connectivity index (χ2n) is 3.55. The minimum absolute atomic E-state index is 0.0181. The van der Waals surface area contributed by atoms with Gasteiger partial charge >= 0.3 is 0 Å². The van der Waals surface area contributed by atoms with Gasteiger partial charge < -0.3 is 9.47 Å². The zero-order valence-electron chi connectivity index (χ0n) is 8.56. The number of aryl methyl sites for hydroxylation is 1. The molecule has 6 heteroatoms. The summed E-state index contributed by atoms with van der Waals surface area (Å²) in [5, 5.41) is 7.86. The number of alkyl halides is 1. The van der Waals surface area contributed by atoms with E-state index in [4.69, 9.17) is 0 Å². The predicted octanol–water partition coefficient (Wildman–Crippen LogP) is 0.794. The van der Waals surface area contributed by atoms with Crippen molar-refractivity contribution in [1.82, 2.24) is 19.7 Å². The minimum atomic E-state index is -0.0181. The largest absolute Gasteiger partial charge is 0.334 e. The van der Waals surface area contributed by atoms with Crippen molar-refractivity contribution < 1.29 is 4.79 Å². The fourth-order valence-electron chi connectivity index (χ4n) is 1.69. The quantitative estimate of drug-likeness (QED) is 0.765. The molecule has 15 heavy (non-hydrogen) atoms. The maximum Gasteiger partial charge on any atom is 0.236 e. The van der Waals surface area contributed by atoms with Gasteiger partial charge in [-0.3, -0.25) is 4.79 Å². The van der Waals surface area contributed by atoms with Crippen LogP contribution < -0.4 is 0 Å². The van der Waals surface area contributed by atoms with Gasteiger partial charge in [0.1, 0.15) is 6.33 Å². The number of aromatic nitrogens is 3. The monoisotopic (exact) mass is 272 g/mol. The SMILES string of the molecule is CCn1cnnc1CN1CCC(Br)C1=O. The summed E-state index contributed by atoms with van der Waals surface area (Å²) in [5.74, 6) is 1.01. The number of carbonyl (C=O) groups is 1. The molecule has 1 saturated heterocycles. The van der Waals surface area contributed by atoms with E-state index in [1.165, 1.54) is 0 Å². The van der Waals surface area contributed by atoms with Crippen LogP contribution in [0.3, 0.4) is 0 Å². The van der Waals surface area contributed by atoms with Gasteiger partial charge in [0.25, 0.3) is 0 Å². The summed E-state index contributed by atoms with van der Waals surface area (Å²) in [6.45, 7) is 4.23. The molecule has 2 heterocycles. The van der Waals surface area contributed by atoms with Gasteiger partial charge in [-0.15, -0.1) is 10.2 Å². The molecule has 1 aromatic rings. The summed E-state index contributed by atoms with van der Waals surface area (Å²) in [6, 6.07) is 0. The summed E-state index contributed by atoms with van der Waals surface area (Å²) in [5.41, 5.74) is 0. The Kier molecular flexibility index (Phi) is 3.04. The van der Waals surface area contributed by atoms with Crippen LogP contribution in [0.25, 0.3) is 0 Å². The number of hydrogen-bond acceptors (Lipinski definition) is 3. The van der Waals surface area contributed by atoms with Gasteiger partial charge in [-0.05, 0) is 13.3 Å². The van der Waals surface area contributed by atoms with Gasteiger partial charge in [-0.2, -0.15) is 0 Å². The van der Waals surface area contributed by atoms with Gasteiger partial charge in [0, 0.05) is 13.1 Å². The molecule has 0 bridgehead atoms. The Hall–Kier alpha value is -0.910. The third kappa shape index (κ3) is 2.04. The molecule has 1 fully saturated rings. The van der Waals surface area contributed by atoms with E-state index < -0.39 is 0 Å². The van der Waals surface area contributed by atoms with Gasteiger partial charge in [-0.1, -0.05) is 15.9 Å². The molecule has 1 unspecified atom stereocenters. The summed E-state index contributed by atoms with van der Waals surface area (Å²) in [6.07, 6.45) is 2.57. The van der Waals surface area contributed by atoms with E-state index in [9.17, 15) is 4.79 Å². The van der Waals surface area contributed by atoms with Gasteiger partial charge in [0.15, 0.2) is 5.82 Å². The molecule has 1 amide bonds. The molecule has 0 aromatic carbocycles. The van der Waals surface area contributed by atoms with Crippen LogP contribution in [0.2, 0.25) is 0 Å². The summed E-state index contributed by atoms with van der Waals surface area (Å²) in [4.78, 5) is 13.4. The zero-order chi connectivity index (χ0) is 10.8. The molecule has 0 spiro atoms. The number of halogens is 1. The Morgan fingerprint density at radius 1 is 1.67 bits per heavy atom. The van der Waals surface area contributed by atoms with Crippen molar-refractivity contribution in [1.29, 1.82) is 0 Å². The van der Waals surface area contributed by atoms with Crippen LogP contribution in [0.1, 0.15) is 19.2 Å². The van der Waals surface area contributed by atoms with Crippen molar-refractivity contribution in [2.45, 2.75) is 31.3 Å². The lowest BCUT2D eigenvalue weighted by molar-refractivity contribution is -0.127. The van der Waals surface area contributed by atoms with Crippen LogP contribution >= 0.6 is 15.9 Å². The van der Waals surface area contributed by atoms with Crippen molar-refractivity contribution in [3.8, 4) is 0 Å². The van der Waals surface area contributed by atoms with E-state index in [0.717, 1.165) is 25.3 Å². The fourth-order valence-corrected chi connectivity index (χ4v) is 2.19. The van der Waals surface area contributed by atoms with Crippen molar-refractivity contribution >= 4 is 21.8 Å². The average Bonchev–Trinajstić information content (AvgIpc) is 2.80. The van der Waals surface area contributed by atoms with Gasteiger partial charge in [0.2, 0.25) is 5.91 Å². The molecule has 1 aliphatic rings. The van der Waals surface area contributed by atoms with Crippen LogP contribution in [-0.2, 0) is 17.9 Å². The smallest absolute Gasteiger partial charge is 0.236 e. The van der Waals surface area contributed by atoms with Crippen LogP contribution in [0.5, 0.6) is 0 Å². The highest BCUT2D eigenvalue weighted by Gasteiger charge is 2.30. The molecular formula is C9H13BrN4O. The third-order valence-corrected chi connectivity index (χ3v) is 3.45. The Labute approximate surface area is 96.6 Å². The maximum absolute atomic E-state index is 11.7. The number of rotatable bonds is 3. The second kappa shape index (κ2) is 4.30. The maximum atomic E-state index is 11.7. The molecule has 1 aromatic heterocycles. The van der Waals surface area contributed by atoms with E-state index in [2.05, 4.69) is 26.1 Å². The van der Waals surface area contributed by atoms with Crippen molar-refractivity contribution in [3.05, 3.63) is 12.2 Å². The number of carbonyl (C=O) groups excluding carboxylic acids is 1. The summed E-state index contributed by atoms with van der Waals surface area (Å²) >= 11 is 3.35. The Balaban J connectivity index is 2.06. The number of nitrogens with zero attached hydrogens (tertiary/aromatic N) is 4. The van der Waals surface area contributed by atoms with E-state index in [1.54, 1.807) is 6.33 Å². The Morgan fingerprint density at radius 2 is 2.47 bits per heavy atom. The first-order valence-electron chi connectivity index (χ1n) is 5.02. The molecule has 0 saturated carbocycles. The first-order valence-corrected chi connectivity index (χ1v) is 5.93. The average molecular weight is 273 g/mol. The standard InChI is InChI=1S/C9H13BrN4O/c1-2-13-6-11-12-8(13)5-14-4-3-7(10)9(14)15/h6-7H,2-5H2,1H3. The van der Waals surface area contributed by atoms with E-state index in [0.29, 0.717) is 6.54 Å². The highest BCUT2D eigenvalue weighted by molar-refractivity contribution is 9.10. The number of hydrogen-bond donors (Lipinski definition) is 0. The molecule has 1 atom stereocenters. The Morgan fingerprint density at radius 3 is 3.07 bits per heavy atom. The van der Waals surface area contributed by atoms with E-state index in [-0.39, 0.29) is 10.7 Å². The predicted molar refractivity (Wildman–Crippen MR) is 58.4 cm³/mol. The van der Waals surface area contributed by atoms with Crippen LogP contribution in [-0.4, -0.2) is 36.9 Å². The number of amides is 1. The molecule has 0 radical (unpaired) electrons. The highest BCUT2D eigenvalue weighted by Crippen LogP contribution is 2.19. The Bertz CT molecular complexity index is 365. The molecule has 5 nitrogen and oxygen atoms in total. The lowest BCUT2D eigenvalue weighted by Crippen LogP contribution is -2.28. The highest BCUT2D eigenvalue weighted by atomic mass is 79.9. The summed E-state index contributed by atoms with van der Waals surface area (Å²) in [7, 11) is 0. The molecule has 0 aliphatic carbocycles. The molecule has 0 N–H and O–H groups in total. The van der Waals surface area contributed by atoms with E-state index in [1.807, 2.05) is 16.4 Å². The molecular weight excluding hydrogens is 260 g/mol. The topological polar surface area (TPSA) is 51.0 Å². The minimum Gasteiger partial charge on any atom is -0.334 e. The van der Waals surface area contributed by atoms with Crippen LogP contribution in [0.15, 0.2) is 6.33 Å². The second-order valence-corrected chi connectivity index (χ2v) is 4.65. The lowest BCUT2D eigenvalue weighted by Gasteiger charge is -2.15. The van der Waals surface area contributed by atoms with Crippen LogP contribution in [0, 0.1) is 0 Å². The van der Waals surface area contributed by atoms with E-state index >= 15 is 0 Å². The van der Waals surface area contributed by atoms with Crippen molar-refractivity contribution in [3.63, 3.8) is 0 Å². The third-order valence-electron chi connectivity index (χ3n) is 2.60. The zero-order valence-corrected chi connectivity index (χ0v) is 10.1. The molecule has 1 aliphatic heterocycles.